The minimum Gasteiger partial charge on any atom is -0.381 e. The molecule has 3 fully saturated rings. The van der Waals surface area contributed by atoms with Gasteiger partial charge in [0, 0.05) is 50.4 Å². The molecule has 3 aliphatic rings. The molecule has 3 heterocycles. The molecule has 0 aliphatic carbocycles. The highest BCUT2D eigenvalue weighted by Gasteiger charge is 2.52. The van der Waals surface area contributed by atoms with Crippen molar-refractivity contribution < 1.29 is 14.3 Å². The van der Waals surface area contributed by atoms with E-state index in [1.54, 1.807) is 0 Å². The van der Waals surface area contributed by atoms with Crippen molar-refractivity contribution in [2.75, 3.05) is 39.4 Å². The van der Waals surface area contributed by atoms with Crippen LogP contribution in [0, 0.1) is 11.3 Å². The molecule has 0 unspecified atom stereocenters. The van der Waals surface area contributed by atoms with Crippen molar-refractivity contribution in [3.8, 4) is 0 Å². The SMILES string of the molecule is O=C(c1ccccc1)N1C[C@H](C(=O)N2CCCC2)C2(CCOCC2)C1. The summed E-state index contributed by atoms with van der Waals surface area (Å²) in [7, 11) is 0. The molecule has 3 saturated heterocycles. The summed E-state index contributed by atoms with van der Waals surface area (Å²) in [6, 6.07) is 9.41. The largest absolute Gasteiger partial charge is 0.381 e. The molecular weight excluding hydrogens is 316 g/mol. The molecule has 1 aromatic rings. The average Bonchev–Trinajstić information content (AvgIpc) is 3.31. The van der Waals surface area contributed by atoms with Gasteiger partial charge in [0.2, 0.25) is 5.91 Å². The Bertz CT molecular complexity index is 634. The fourth-order valence-electron chi connectivity index (χ4n) is 4.67. The molecule has 0 aromatic heterocycles. The third-order valence-electron chi connectivity index (χ3n) is 6.16. The summed E-state index contributed by atoms with van der Waals surface area (Å²) in [5, 5.41) is 0. The van der Waals surface area contributed by atoms with E-state index in [9.17, 15) is 9.59 Å². The first-order valence-corrected chi connectivity index (χ1v) is 9.40. The van der Waals surface area contributed by atoms with Crippen molar-refractivity contribution in [2.45, 2.75) is 25.7 Å². The zero-order valence-corrected chi connectivity index (χ0v) is 14.7. The number of benzene rings is 1. The summed E-state index contributed by atoms with van der Waals surface area (Å²) in [5.41, 5.74) is 0.599. The lowest BCUT2D eigenvalue weighted by atomic mass is 9.71. The number of nitrogens with zero attached hydrogens (tertiary/aromatic N) is 2. The molecule has 4 rings (SSSR count). The molecule has 25 heavy (non-hydrogen) atoms. The van der Waals surface area contributed by atoms with Gasteiger partial charge in [0.1, 0.15) is 0 Å². The molecule has 0 N–H and O–H groups in total. The smallest absolute Gasteiger partial charge is 0.253 e. The summed E-state index contributed by atoms with van der Waals surface area (Å²) >= 11 is 0. The zero-order valence-electron chi connectivity index (χ0n) is 14.7. The number of hydrogen-bond acceptors (Lipinski definition) is 3. The van der Waals surface area contributed by atoms with Gasteiger partial charge in [-0.2, -0.15) is 0 Å². The highest BCUT2D eigenvalue weighted by Crippen LogP contribution is 2.45. The molecule has 0 radical (unpaired) electrons. The Morgan fingerprint density at radius 3 is 2.36 bits per heavy atom. The summed E-state index contributed by atoms with van der Waals surface area (Å²) in [6.45, 7) is 4.34. The Morgan fingerprint density at radius 2 is 1.68 bits per heavy atom. The Balaban J connectivity index is 1.58. The van der Waals surface area contributed by atoms with Crippen molar-refractivity contribution in [1.82, 2.24) is 9.80 Å². The van der Waals surface area contributed by atoms with E-state index in [1.807, 2.05) is 40.1 Å². The van der Waals surface area contributed by atoms with Gasteiger partial charge < -0.3 is 14.5 Å². The summed E-state index contributed by atoms with van der Waals surface area (Å²) in [4.78, 5) is 30.0. The van der Waals surface area contributed by atoms with E-state index in [0.717, 1.165) is 38.8 Å². The van der Waals surface area contributed by atoms with Crippen LogP contribution in [-0.4, -0.2) is 61.0 Å². The Labute approximate surface area is 148 Å². The first-order chi connectivity index (χ1) is 12.2. The van der Waals surface area contributed by atoms with Gasteiger partial charge in [0.05, 0.1) is 5.92 Å². The molecule has 1 atom stereocenters. The van der Waals surface area contributed by atoms with Gasteiger partial charge in [-0.3, -0.25) is 9.59 Å². The van der Waals surface area contributed by atoms with E-state index >= 15 is 0 Å². The first kappa shape index (κ1) is 16.6. The van der Waals surface area contributed by atoms with E-state index in [2.05, 4.69) is 0 Å². The van der Waals surface area contributed by atoms with Crippen LogP contribution in [0.1, 0.15) is 36.0 Å². The maximum atomic E-state index is 13.2. The molecule has 0 bridgehead atoms. The lowest BCUT2D eigenvalue weighted by Gasteiger charge is -2.38. The molecule has 5 nitrogen and oxygen atoms in total. The van der Waals surface area contributed by atoms with Gasteiger partial charge in [-0.15, -0.1) is 0 Å². The minimum absolute atomic E-state index is 0.0446. The Morgan fingerprint density at radius 1 is 1.00 bits per heavy atom. The molecule has 1 spiro atoms. The number of carbonyl (C=O) groups excluding carboxylic acids is 2. The molecule has 3 aliphatic heterocycles. The molecule has 2 amide bonds. The second kappa shape index (κ2) is 6.79. The highest BCUT2D eigenvalue weighted by molar-refractivity contribution is 5.95. The third kappa shape index (κ3) is 3.06. The van der Waals surface area contributed by atoms with Gasteiger partial charge >= 0.3 is 0 Å². The minimum atomic E-state index is -0.109. The van der Waals surface area contributed by atoms with Crippen LogP contribution in [0.15, 0.2) is 30.3 Å². The second-order valence-corrected chi connectivity index (χ2v) is 7.61. The van der Waals surface area contributed by atoms with E-state index in [1.165, 1.54) is 0 Å². The maximum Gasteiger partial charge on any atom is 0.253 e. The van der Waals surface area contributed by atoms with Crippen LogP contribution < -0.4 is 0 Å². The number of likely N-dealkylation sites (tertiary alicyclic amines) is 2. The lowest BCUT2D eigenvalue weighted by molar-refractivity contribution is -0.139. The van der Waals surface area contributed by atoms with Crippen LogP contribution in [-0.2, 0) is 9.53 Å². The number of amides is 2. The van der Waals surface area contributed by atoms with Gasteiger partial charge in [0.25, 0.3) is 5.91 Å². The second-order valence-electron chi connectivity index (χ2n) is 7.61. The maximum absolute atomic E-state index is 13.2. The van der Waals surface area contributed by atoms with Crippen molar-refractivity contribution in [2.24, 2.45) is 11.3 Å². The van der Waals surface area contributed by atoms with E-state index in [0.29, 0.717) is 31.9 Å². The fraction of sp³-hybridized carbons (Fsp3) is 0.600. The van der Waals surface area contributed by atoms with Crippen molar-refractivity contribution in [3.63, 3.8) is 0 Å². The third-order valence-corrected chi connectivity index (χ3v) is 6.16. The number of rotatable bonds is 2. The summed E-state index contributed by atoms with van der Waals surface area (Å²) in [5.74, 6) is 0.216. The topological polar surface area (TPSA) is 49.9 Å². The van der Waals surface area contributed by atoms with Gasteiger partial charge in [-0.1, -0.05) is 18.2 Å². The molecule has 0 saturated carbocycles. The van der Waals surface area contributed by atoms with Gasteiger partial charge in [-0.25, -0.2) is 0 Å². The van der Waals surface area contributed by atoms with Crippen LogP contribution in [0.2, 0.25) is 0 Å². The van der Waals surface area contributed by atoms with E-state index in [4.69, 9.17) is 4.74 Å². The van der Waals surface area contributed by atoms with Crippen LogP contribution in [0.25, 0.3) is 0 Å². The molecule has 5 heteroatoms. The lowest BCUT2D eigenvalue weighted by Crippen LogP contribution is -2.45. The standard InChI is InChI=1S/C20H26N2O3/c23-18(16-6-2-1-3-7-16)22-14-17(19(24)21-10-4-5-11-21)20(15-22)8-12-25-13-9-20/h1-3,6-7,17H,4-5,8-15H2/t17-/m1/s1. The van der Waals surface area contributed by atoms with Crippen molar-refractivity contribution in [1.29, 1.82) is 0 Å². The summed E-state index contributed by atoms with van der Waals surface area (Å²) in [6.07, 6.45) is 3.94. The molecular formula is C20H26N2O3. The fourth-order valence-corrected chi connectivity index (χ4v) is 4.67. The Hall–Kier alpha value is -1.88. The zero-order chi connectivity index (χ0) is 17.3. The van der Waals surface area contributed by atoms with Gasteiger partial charge in [0.15, 0.2) is 0 Å². The van der Waals surface area contributed by atoms with Crippen LogP contribution in [0.3, 0.4) is 0 Å². The first-order valence-electron chi connectivity index (χ1n) is 9.40. The number of ether oxygens (including phenoxy) is 1. The van der Waals surface area contributed by atoms with Crippen molar-refractivity contribution in [3.05, 3.63) is 35.9 Å². The molecule has 134 valence electrons. The predicted octanol–water partition coefficient (Wildman–Crippen LogP) is 2.18. The van der Waals surface area contributed by atoms with Crippen molar-refractivity contribution >= 4 is 11.8 Å². The monoisotopic (exact) mass is 342 g/mol. The summed E-state index contributed by atoms with van der Waals surface area (Å²) < 4.78 is 5.56. The van der Waals surface area contributed by atoms with Crippen LogP contribution in [0.5, 0.6) is 0 Å². The Kier molecular flexibility index (Phi) is 4.50. The number of carbonyl (C=O) groups is 2. The highest BCUT2D eigenvalue weighted by atomic mass is 16.5. The average molecular weight is 342 g/mol. The number of hydrogen-bond donors (Lipinski definition) is 0. The van der Waals surface area contributed by atoms with E-state index < -0.39 is 0 Å². The van der Waals surface area contributed by atoms with Crippen LogP contribution in [0.4, 0.5) is 0 Å². The van der Waals surface area contributed by atoms with Crippen LogP contribution >= 0.6 is 0 Å². The normalized spacial score (nSPS) is 25.5. The van der Waals surface area contributed by atoms with E-state index in [-0.39, 0.29) is 23.1 Å². The van der Waals surface area contributed by atoms with Gasteiger partial charge in [-0.05, 0) is 37.8 Å². The predicted molar refractivity (Wildman–Crippen MR) is 94.1 cm³/mol. The molecule has 1 aromatic carbocycles. The quantitative estimate of drug-likeness (QED) is 0.828.